The predicted molar refractivity (Wildman–Crippen MR) is 81.4 cm³/mol. The third-order valence-electron chi connectivity index (χ3n) is 3.68. The van der Waals surface area contributed by atoms with Crippen LogP contribution in [0.1, 0.15) is 19.5 Å². The number of hydrogen-bond acceptors (Lipinski definition) is 4. The van der Waals surface area contributed by atoms with Gasteiger partial charge in [-0.05, 0) is 26.0 Å². The first-order valence-electron chi connectivity index (χ1n) is 7.14. The smallest absolute Gasteiger partial charge is 0.0726 e. The fourth-order valence-corrected chi connectivity index (χ4v) is 2.98. The first-order chi connectivity index (χ1) is 9.61. The van der Waals surface area contributed by atoms with Gasteiger partial charge in [0, 0.05) is 30.7 Å². The normalized spacial score (nSPS) is 24.1. The zero-order valence-corrected chi connectivity index (χ0v) is 12.0. The van der Waals surface area contributed by atoms with Crippen molar-refractivity contribution in [3.8, 4) is 0 Å². The number of morpholine rings is 1. The van der Waals surface area contributed by atoms with Crippen LogP contribution in [0.15, 0.2) is 30.3 Å². The second-order valence-corrected chi connectivity index (χ2v) is 5.67. The number of anilines is 1. The molecule has 1 aromatic heterocycles. The molecule has 1 aromatic carbocycles. The van der Waals surface area contributed by atoms with Crippen LogP contribution in [0.3, 0.4) is 0 Å². The van der Waals surface area contributed by atoms with E-state index in [1.54, 1.807) is 0 Å². The Morgan fingerprint density at radius 1 is 1.25 bits per heavy atom. The molecule has 3 rings (SSSR count). The van der Waals surface area contributed by atoms with E-state index in [1.807, 2.05) is 30.3 Å². The van der Waals surface area contributed by atoms with Crippen LogP contribution in [0.25, 0.3) is 10.9 Å². The second-order valence-electron chi connectivity index (χ2n) is 5.67. The van der Waals surface area contributed by atoms with Crippen molar-refractivity contribution in [3.63, 3.8) is 0 Å². The highest BCUT2D eigenvalue weighted by molar-refractivity contribution is 5.90. The summed E-state index contributed by atoms with van der Waals surface area (Å²) in [5, 5.41) is 1.03. The van der Waals surface area contributed by atoms with E-state index < -0.39 is 0 Å². The van der Waals surface area contributed by atoms with Crippen LogP contribution in [-0.4, -0.2) is 35.2 Å². The van der Waals surface area contributed by atoms with Gasteiger partial charge in [0.2, 0.25) is 0 Å². The maximum Gasteiger partial charge on any atom is 0.0726 e. The van der Waals surface area contributed by atoms with Crippen molar-refractivity contribution in [1.29, 1.82) is 0 Å². The van der Waals surface area contributed by atoms with Crippen molar-refractivity contribution in [3.05, 3.63) is 36.0 Å². The summed E-state index contributed by atoms with van der Waals surface area (Å²) in [5.41, 5.74) is 8.94. The molecule has 4 heteroatoms. The lowest BCUT2D eigenvalue weighted by molar-refractivity contribution is -0.0707. The van der Waals surface area contributed by atoms with Crippen LogP contribution >= 0.6 is 0 Å². The Morgan fingerprint density at radius 3 is 2.70 bits per heavy atom. The molecule has 1 fully saturated rings. The van der Waals surface area contributed by atoms with Gasteiger partial charge < -0.3 is 10.5 Å². The molecule has 1 aliphatic heterocycles. The van der Waals surface area contributed by atoms with Crippen molar-refractivity contribution < 1.29 is 4.74 Å². The molecule has 0 aliphatic carbocycles. The highest BCUT2D eigenvalue weighted by Crippen LogP contribution is 2.21. The molecule has 2 aromatic rings. The minimum atomic E-state index is 0.275. The van der Waals surface area contributed by atoms with Crippen molar-refractivity contribution in [2.75, 3.05) is 18.8 Å². The number of nitrogens with zero attached hydrogens (tertiary/aromatic N) is 2. The highest BCUT2D eigenvalue weighted by atomic mass is 16.5. The number of hydrogen-bond donors (Lipinski definition) is 1. The van der Waals surface area contributed by atoms with Gasteiger partial charge >= 0.3 is 0 Å². The number of rotatable bonds is 2. The first kappa shape index (κ1) is 13.3. The Hall–Kier alpha value is -1.65. The second kappa shape index (κ2) is 5.38. The number of fused-ring (bicyclic) bond motifs is 1. The molecule has 2 unspecified atom stereocenters. The molecule has 1 aliphatic rings. The van der Waals surface area contributed by atoms with E-state index in [4.69, 9.17) is 15.5 Å². The van der Waals surface area contributed by atoms with Crippen molar-refractivity contribution in [1.82, 2.24) is 9.88 Å². The molecular weight excluding hydrogens is 250 g/mol. The summed E-state index contributed by atoms with van der Waals surface area (Å²) < 4.78 is 5.76. The maximum atomic E-state index is 6.13. The Bertz CT molecular complexity index is 604. The third kappa shape index (κ3) is 2.76. The van der Waals surface area contributed by atoms with Gasteiger partial charge in [-0.25, -0.2) is 0 Å². The molecular formula is C16H21N3O. The van der Waals surface area contributed by atoms with Crippen molar-refractivity contribution in [2.45, 2.75) is 32.6 Å². The number of nitrogen functional groups attached to an aromatic ring is 1. The van der Waals surface area contributed by atoms with Gasteiger partial charge in [0.15, 0.2) is 0 Å². The first-order valence-corrected chi connectivity index (χ1v) is 7.14. The van der Waals surface area contributed by atoms with E-state index >= 15 is 0 Å². The van der Waals surface area contributed by atoms with Crippen LogP contribution in [0, 0.1) is 0 Å². The average molecular weight is 271 g/mol. The van der Waals surface area contributed by atoms with E-state index in [0.29, 0.717) is 0 Å². The number of benzene rings is 1. The molecule has 106 valence electrons. The Kier molecular flexibility index (Phi) is 3.59. The van der Waals surface area contributed by atoms with E-state index in [0.717, 1.165) is 41.9 Å². The zero-order valence-electron chi connectivity index (χ0n) is 12.0. The lowest BCUT2D eigenvalue weighted by Crippen LogP contribution is -2.44. The molecule has 0 amide bonds. The maximum absolute atomic E-state index is 6.13. The molecule has 2 atom stereocenters. The van der Waals surface area contributed by atoms with Gasteiger partial charge in [-0.15, -0.1) is 0 Å². The van der Waals surface area contributed by atoms with Gasteiger partial charge in [0.25, 0.3) is 0 Å². The van der Waals surface area contributed by atoms with Crippen LogP contribution in [0.2, 0.25) is 0 Å². The topological polar surface area (TPSA) is 51.4 Å². The summed E-state index contributed by atoms with van der Waals surface area (Å²) in [6, 6.07) is 10.0. The molecule has 1 saturated heterocycles. The van der Waals surface area contributed by atoms with Gasteiger partial charge in [0.05, 0.1) is 23.4 Å². The molecule has 0 radical (unpaired) electrons. The summed E-state index contributed by atoms with van der Waals surface area (Å²) in [7, 11) is 0. The van der Waals surface area contributed by atoms with Gasteiger partial charge in [-0.2, -0.15) is 0 Å². The lowest BCUT2D eigenvalue weighted by Gasteiger charge is -2.35. The van der Waals surface area contributed by atoms with Crippen LogP contribution in [0.5, 0.6) is 0 Å². The fraction of sp³-hybridized carbons (Fsp3) is 0.438. The summed E-state index contributed by atoms with van der Waals surface area (Å²) in [5.74, 6) is 0. The van der Waals surface area contributed by atoms with Gasteiger partial charge in [0.1, 0.15) is 0 Å². The molecule has 2 heterocycles. The lowest BCUT2D eigenvalue weighted by atomic mass is 10.1. The van der Waals surface area contributed by atoms with Crippen LogP contribution in [0.4, 0.5) is 5.69 Å². The molecule has 0 bridgehead atoms. The van der Waals surface area contributed by atoms with E-state index in [2.05, 4.69) is 18.7 Å². The summed E-state index contributed by atoms with van der Waals surface area (Å²) in [6.45, 7) is 6.94. The summed E-state index contributed by atoms with van der Waals surface area (Å²) in [6.07, 6.45) is 0.549. The number of ether oxygens (including phenoxy) is 1. The van der Waals surface area contributed by atoms with E-state index in [1.165, 1.54) is 0 Å². The third-order valence-corrected chi connectivity index (χ3v) is 3.68. The Labute approximate surface area is 119 Å². The standard InChI is InChI=1S/C16H21N3O/c1-11-8-19(9-12(2)20-11)10-13-7-15(17)14-5-3-4-6-16(14)18-13/h3-7,11-12H,8-10H2,1-2H3,(H2,17,18). The molecule has 20 heavy (non-hydrogen) atoms. The number of aromatic nitrogens is 1. The van der Waals surface area contributed by atoms with Gasteiger partial charge in [-0.1, -0.05) is 18.2 Å². The quantitative estimate of drug-likeness (QED) is 0.911. The van der Waals surface area contributed by atoms with Gasteiger partial charge in [-0.3, -0.25) is 9.88 Å². The number of pyridine rings is 1. The van der Waals surface area contributed by atoms with E-state index in [-0.39, 0.29) is 12.2 Å². The monoisotopic (exact) mass is 271 g/mol. The molecule has 2 N–H and O–H groups in total. The molecule has 0 saturated carbocycles. The SMILES string of the molecule is CC1CN(Cc2cc(N)c3ccccc3n2)CC(C)O1. The minimum absolute atomic E-state index is 0.275. The zero-order chi connectivity index (χ0) is 14.1. The average Bonchev–Trinajstić information content (AvgIpc) is 2.37. The molecule has 4 nitrogen and oxygen atoms in total. The van der Waals surface area contributed by atoms with Crippen LogP contribution < -0.4 is 5.73 Å². The highest BCUT2D eigenvalue weighted by Gasteiger charge is 2.22. The van der Waals surface area contributed by atoms with Crippen molar-refractivity contribution >= 4 is 16.6 Å². The fourth-order valence-electron chi connectivity index (χ4n) is 2.98. The summed E-state index contributed by atoms with van der Waals surface area (Å²) in [4.78, 5) is 7.10. The van der Waals surface area contributed by atoms with Crippen molar-refractivity contribution in [2.24, 2.45) is 0 Å². The predicted octanol–water partition coefficient (Wildman–Crippen LogP) is 2.43. The number of nitrogens with two attached hydrogens (primary N) is 1. The number of para-hydroxylation sites is 1. The Balaban J connectivity index is 1.84. The van der Waals surface area contributed by atoms with Crippen LogP contribution in [-0.2, 0) is 11.3 Å². The minimum Gasteiger partial charge on any atom is -0.398 e. The largest absolute Gasteiger partial charge is 0.398 e. The molecule has 0 spiro atoms. The Morgan fingerprint density at radius 2 is 1.95 bits per heavy atom. The summed E-state index contributed by atoms with van der Waals surface area (Å²) >= 11 is 0. The van der Waals surface area contributed by atoms with E-state index in [9.17, 15) is 0 Å².